The van der Waals surface area contributed by atoms with Gasteiger partial charge in [0.1, 0.15) is 17.2 Å². The standard InChI is InChI=1S/C21H18F2N4O/c1-13(19-9-6-14-4-2-3-5-20(14)25-19)21(28,11-16-12-24-27-26-16)17-8-7-15(22)10-18(17)23/h2-10,12-13,28H,11H2,1H3,(H,24,26,27). The number of nitrogens with one attached hydrogen (secondary N) is 1. The topological polar surface area (TPSA) is 74.7 Å². The van der Waals surface area contributed by atoms with E-state index in [1.165, 1.54) is 12.3 Å². The number of rotatable bonds is 5. The second-order valence-corrected chi connectivity index (χ2v) is 6.84. The fourth-order valence-corrected chi connectivity index (χ4v) is 3.48. The van der Waals surface area contributed by atoms with Gasteiger partial charge in [-0.15, -0.1) is 5.10 Å². The van der Waals surface area contributed by atoms with E-state index in [4.69, 9.17) is 0 Å². The van der Waals surface area contributed by atoms with Crippen molar-refractivity contribution in [1.29, 1.82) is 0 Å². The minimum atomic E-state index is -1.70. The van der Waals surface area contributed by atoms with Crippen molar-refractivity contribution in [2.75, 3.05) is 0 Å². The van der Waals surface area contributed by atoms with Crippen LogP contribution in [0.25, 0.3) is 10.9 Å². The first-order valence-electron chi connectivity index (χ1n) is 8.86. The van der Waals surface area contributed by atoms with Gasteiger partial charge in [0.15, 0.2) is 0 Å². The number of aliphatic hydroxyl groups is 1. The van der Waals surface area contributed by atoms with Crippen LogP contribution in [0.5, 0.6) is 0 Å². The second-order valence-electron chi connectivity index (χ2n) is 6.84. The van der Waals surface area contributed by atoms with Crippen LogP contribution >= 0.6 is 0 Å². The molecular weight excluding hydrogens is 362 g/mol. The average molecular weight is 380 g/mol. The third-order valence-corrected chi connectivity index (χ3v) is 5.10. The van der Waals surface area contributed by atoms with Gasteiger partial charge in [0.2, 0.25) is 0 Å². The fraction of sp³-hybridized carbons (Fsp3) is 0.190. The molecule has 7 heteroatoms. The number of hydrogen-bond acceptors (Lipinski definition) is 4. The van der Waals surface area contributed by atoms with Gasteiger partial charge < -0.3 is 5.11 Å². The van der Waals surface area contributed by atoms with E-state index in [2.05, 4.69) is 20.4 Å². The van der Waals surface area contributed by atoms with E-state index in [0.29, 0.717) is 11.4 Å². The summed E-state index contributed by atoms with van der Waals surface area (Å²) in [6.45, 7) is 1.76. The largest absolute Gasteiger partial charge is 0.384 e. The van der Waals surface area contributed by atoms with Crippen LogP contribution in [0.2, 0.25) is 0 Å². The van der Waals surface area contributed by atoms with Gasteiger partial charge in [-0.2, -0.15) is 0 Å². The number of aromatic nitrogens is 4. The summed E-state index contributed by atoms with van der Waals surface area (Å²) in [5, 5.41) is 22.8. The lowest BCUT2D eigenvalue weighted by Crippen LogP contribution is -2.36. The lowest BCUT2D eigenvalue weighted by molar-refractivity contribution is 0.00718. The first kappa shape index (κ1) is 18.2. The number of halogens is 2. The SMILES string of the molecule is CC(c1ccc2ccccc2n1)C(O)(Cc1c[nH]nn1)c1ccc(F)cc1F. The second kappa shape index (κ2) is 7.09. The molecule has 5 nitrogen and oxygen atoms in total. The van der Waals surface area contributed by atoms with Gasteiger partial charge in [-0.3, -0.25) is 10.1 Å². The highest BCUT2D eigenvalue weighted by atomic mass is 19.1. The number of H-pyrrole nitrogens is 1. The summed E-state index contributed by atoms with van der Waals surface area (Å²) >= 11 is 0. The normalized spacial score (nSPS) is 14.7. The molecule has 0 spiro atoms. The monoisotopic (exact) mass is 380 g/mol. The van der Waals surface area contributed by atoms with Crippen LogP contribution in [0.4, 0.5) is 8.78 Å². The minimum absolute atomic E-state index is 0.0122. The molecule has 4 aromatic rings. The number of fused-ring (bicyclic) bond motifs is 1. The van der Waals surface area contributed by atoms with Crippen molar-refractivity contribution >= 4 is 10.9 Å². The average Bonchev–Trinajstić information content (AvgIpc) is 3.19. The van der Waals surface area contributed by atoms with Crippen LogP contribution in [0, 0.1) is 11.6 Å². The van der Waals surface area contributed by atoms with E-state index < -0.39 is 23.2 Å². The molecule has 0 radical (unpaired) electrons. The lowest BCUT2D eigenvalue weighted by Gasteiger charge is -2.34. The van der Waals surface area contributed by atoms with Crippen LogP contribution < -0.4 is 0 Å². The van der Waals surface area contributed by atoms with Crippen molar-refractivity contribution in [3.8, 4) is 0 Å². The summed E-state index contributed by atoms with van der Waals surface area (Å²) in [5.74, 6) is -2.13. The third-order valence-electron chi connectivity index (χ3n) is 5.10. The molecule has 0 aliphatic rings. The number of hydrogen-bond donors (Lipinski definition) is 2. The zero-order chi connectivity index (χ0) is 19.7. The molecule has 2 aromatic carbocycles. The maximum Gasteiger partial charge on any atom is 0.132 e. The van der Waals surface area contributed by atoms with Crippen molar-refractivity contribution in [2.45, 2.75) is 24.9 Å². The Labute approximate surface area is 160 Å². The predicted octanol–water partition coefficient (Wildman–Crippen LogP) is 3.87. The smallest absolute Gasteiger partial charge is 0.132 e. The van der Waals surface area contributed by atoms with Gasteiger partial charge >= 0.3 is 0 Å². The van der Waals surface area contributed by atoms with Gasteiger partial charge in [-0.1, -0.05) is 42.5 Å². The summed E-state index contributed by atoms with van der Waals surface area (Å²) in [7, 11) is 0. The highest BCUT2D eigenvalue weighted by Gasteiger charge is 2.40. The Morgan fingerprint density at radius 3 is 2.68 bits per heavy atom. The van der Waals surface area contributed by atoms with Gasteiger partial charge in [0, 0.05) is 41.2 Å². The number of nitrogens with zero attached hydrogens (tertiary/aromatic N) is 3. The first-order chi connectivity index (χ1) is 13.5. The maximum atomic E-state index is 14.6. The van der Waals surface area contributed by atoms with E-state index >= 15 is 0 Å². The van der Waals surface area contributed by atoms with Gasteiger partial charge in [0.25, 0.3) is 0 Å². The van der Waals surface area contributed by atoms with E-state index in [9.17, 15) is 13.9 Å². The van der Waals surface area contributed by atoms with E-state index in [1.54, 1.807) is 6.92 Å². The molecule has 2 unspecified atom stereocenters. The molecule has 2 atom stereocenters. The number of para-hydroxylation sites is 1. The summed E-state index contributed by atoms with van der Waals surface area (Å²) in [6.07, 6.45) is 1.52. The van der Waals surface area contributed by atoms with E-state index in [-0.39, 0.29) is 12.0 Å². The Morgan fingerprint density at radius 2 is 1.93 bits per heavy atom. The van der Waals surface area contributed by atoms with Crippen LogP contribution in [0.15, 0.2) is 60.8 Å². The van der Waals surface area contributed by atoms with E-state index in [0.717, 1.165) is 23.0 Å². The van der Waals surface area contributed by atoms with E-state index in [1.807, 2.05) is 36.4 Å². The highest BCUT2D eigenvalue weighted by molar-refractivity contribution is 5.78. The van der Waals surface area contributed by atoms with Crippen molar-refractivity contribution in [2.24, 2.45) is 0 Å². The van der Waals surface area contributed by atoms with Crippen molar-refractivity contribution < 1.29 is 13.9 Å². The number of benzene rings is 2. The molecule has 2 heterocycles. The molecule has 0 saturated carbocycles. The molecule has 142 valence electrons. The Kier molecular flexibility index (Phi) is 4.60. The van der Waals surface area contributed by atoms with Gasteiger partial charge in [-0.05, 0) is 18.2 Å². The van der Waals surface area contributed by atoms with Gasteiger partial charge in [-0.25, -0.2) is 8.78 Å². The van der Waals surface area contributed by atoms with Crippen molar-refractivity contribution in [3.05, 3.63) is 89.4 Å². The number of pyridine rings is 1. The Bertz CT molecular complexity index is 1120. The zero-order valence-corrected chi connectivity index (χ0v) is 15.1. The van der Waals surface area contributed by atoms with Crippen molar-refractivity contribution in [1.82, 2.24) is 20.4 Å². The first-order valence-corrected chi connectivity index (χ1v) is 8.86. The Morgan fingerprint density at radius 1 is 1.11 bits per heavy atom. The summed E-state index contributed by atoms with van der Waals surface area (Å²) in [5.41, 5.74) is 0.103. The molecule has 2 N–H and O–H groups in total. The third kappa shape index (κ3) is 3.25. The lowest BCUT2D eigenvalue weighted by atomic mass is 9.77. The summed E-state index contributed by atoms with van der Waals surface area (Å²) in [6, 6.07) is 14.5. The molecule has 2 aromatic heterocycles. The summed E-state index contributed by atoms with van der Waals surface area (Å²) < 4.78 is 28.1. The van der Waals surface area contributed by atoms with Crippen LogP contribution in [0.1, 0.15) is 29.8 Å². The van der Waals surface area contributed by atoms with Gasteiger partial charge in [0.05, 0.1) is 11.2 Å². The molecule has 4 rings (SSSR count). The van der Waals surface area contributed by atoms with Crippen LogP contribution in [-0.2, 0) is 12.0 Å². The van der Waals surface area contributed by atoms with Crippen LogP contribution in [-0.4, -0.2) is 25.5 Å². The molecular formula is C21H18F2N4O. The zero-order valence-electron chi connectivity index (χ0n) is 15.1. The molecule has 0 aliphatic carbocycles. The molecule has 0 saturated heterocycles. The number of aromatic amines is 1. The van der Waals surface area contributed by atoms with Crippen LogP contribution in [0.3, 0.4) is 0 Å². The highest BCUT2D eigenvalue weighted by Crippen LogP contribution is 2.40. The van der Waals surface area contributed by atoms with Crippen molar-refractivity contribution in [3.63, 3.8) is 0 Å². The molecule has 0 amide bonds. The molecule has 0 bridgehead atoms. The molecule has 28 heavy (non-hydrogen) atoms. The quantitative estimate of drug-likeness (QED) is 0.551. The summed E-state index contributed by atoms with van der Waals surface area (Å²) in [4.78, 5) is 4.64. The fourth-order valence-electron chi connectivity index (χ4n) is 3.48. The molecule has 0 aliphatic heterocycles. The predicted molar refractivity (Wildman–Crippen MR) is 100 cm³/mol. The maximum absolute atomic E-state index is 14.6. The molecule has 0 fully saturated rings. The Balaban J connectivity index is 1.83. The minimum Gasteiger partial charge on any atom is -0.384 e. The Hall–Kier alpha value is -3.19.